The quantitative estimate of drug-likeness (QED) is 0.917. The van der Waals surface area contributed by atoms with Crippen LogP contribution >= 0.6 is 11.6 Å². The molecule has 1 atom stereocenters. The Labute approximate surface area is 122 Å². The van der Waals surface area contributed by atoms with Crippen molar-refractivity contribution in [3.05, 3.63) is 63.9 Å². The summed E-state index contributed by atoms with van der Waals surface area (Å²) in [5, 5.41) is 0.374. The molecule has 20 heavy (non-hydrogen) atoms. The summed E-state index contributed by atoms with van der Waals surface area (Å²) in [6.45, 7) is 0. The van der Waals surface area contributed by atoms with Gasteiger partial charge in [0.2, 0.25) is 0 Å². The number of rotatable bonds is 2. The second-order valence-corrected chi connectivity index (χ2v) is 5.56. The van der Waals surface area contributed by atoms with E-state index in [1.807, 2.05) is 18.2 Å². The maximum atomic E-state index is 14.2. The Hall–Kier alpha value is -1.58. The van der Waals surface area contributed by atoms with Crippen molar-refractivity contribution in [1.29, 1.82) is 0 Å². The van der Waals surface area contributed by atoms with Crippen molar-refractivity contribution in [1.82, 2.24) is 0 Å². The number of hydrogen-bond donors (Lipinski definition) is 1. The minimum absolute atomic E-state index is 0.365. The van der Waals surface area contributed by atoms with E-state index < -0.39 is 5.54 Å². The largest absolute Gasteiger partial charge is 0.497 e. The van der Waals surface area contributed by atoms with Gasteiger partial charge in [-0.2, -0.15) is 0 Å². The van der Waals surface area contributed by atoms with Crippen molar-refractivity contribution >= 4 is 11.6 Å². The summed E-state index contributed by atoms with van der Waals surface area (Å²) in [5.74, 6) is 0.366. The summed E-state index contributed by atoms with van der Waals surface area (Å²) >= 11 is 5.82. The predicted octanol–water partition coefficient (Wildman–Crippen LogP) is 3.64. The Morgan fingerprint density at radius 3 is 2.70 bits per heavy atom. The highest BCUT2D eigenvalue weighted by molar-refractivity contribution is 6.30. The minimum Gasteiger partial charge on any atom is -0.497 e. The molecule has 0 saturated carbocycles. The lowest BCUT2D eigenvalue weighted by Gasteiger charge is -2.27. The van der Waals surface area contributed by atoms with E-state index in [9.17, 15) is 4.39 Å². The lowest BCUT2D eigenvalue weighted by atomic mass is 9.85. The van der Waals surface area contributed by atoms with E-state index in [-0.39, 0.29) is 5.82 Å². The SMILES string of the molecule is COc1ccc2c(c1)C(N)(c1ccc(Cl)cc1F)CC2. The molecule has 0 bridgehead atoms. The van der Waals surface area contributed by atoms with Crippen LogP contribution in [0.4, 0.5) is 4.39 Å². The van der Waals surface area contributed by atoms with Gasteiger partial charge < -0.3 is 10.5 Å². The van der Waals surface area contributed by atoms with Crippen molar-refractivity contribution in [2.75, 3.05) is 7.11 Å². The smallest absolute Gasteiger partial charge is 0.130 e. The first-order chi connectivity index (χ1) is 9.54. The van der Waals surface area contributed by atoms with Crippen molar-refractivity contribution < 1.29 is 9.13 Å². The van der Waals surface area contributed by atoms with Crippen LogP contribution in [0, 0.1) is 5.82 Å². The Morgan fingerprint density at radius 2 is 2.00 bits per heavy atom. The molecule has 0 spiro atoms. The van der Waals surface area contributed by atoms with E-state index in [1.54, 1.807) is 19.2 Å². The Balaban J connectivity index is 2.16. The zero-order chi connectivity index (χ0) is 14.3. The molecule has 0 radical (unpaired) electrons. The van der Waals surface area contributed by atoms with Gasteiger partial charge in [-0.3, -0.25) is 0 Å². The lowest BCUT2D eigenvalue weighted by Crippen LogP contribution is -2.36. The van der Waals surface area contributed by atoms with Crippen molar-refractivity contribution in [2.24, 2.45) is 5.73 Å². The fraction of sp³-hybridized carbons (Fsp3) is 0.250. The Bertz CT molecular complexity index is 674. The van der Waals surface area contributed by atoms with Crippen LogP contribution in [0.1, 0.15) is 23.1 Å². The molecular formula is C16H15ClFNO. The summed E-state index contributed by atoms with van der Waals surface area (Å²) in [6, 6.07) is 10.5. The van der Waals surface area contributed by atoms with Crippen LogP contribution in [0.2, 0.25) is 5.02 Å². The van der Waals surface area contributed by atoms with E-state index in [1.165, 1.54) is 6.07 Å². The molecule has 1 aliphatic rings. The maximum Gasteiger partial charge on any atom is 0.130 e. The molecule has 0 aliphatic heterocycles. The lowest BCUT2D eigenvalue weighted by molar-refractivity contribution is 0.412. The molecule has 0 heterocycles. The van der Waals surface area contributed by atoms with E-state index in [4.69, 9.17) is 22.1 Å². The minimum atomic E-state index is -0.821. The standard InChI is InChI=1S/C16H15ClFNO/c1-20-12-4-2-10-6-7-16(19,14(10)9-12)13-5-3-11(17)8-15(13)18/h2-5,8-9H,6-7,19H2,1H3. The highest BCUT2D eigenvalue weighted by Crippen LogP contribution is 2.42. The van der Waals surface area contributed by atoms with Crippen LogP contribution in [-0.4, -0.2) is 7.11 Å². The third-order valence-corrected chi connectivity index (χ3v) is 4.23. The fourth-order valence-corrected chi connectivity index (χ4v) is 3.07. The summed E-state index contributed by atoms with van der Waals surface area (Å²) in [7, 11) is 1.61. The van der Waals surface area contributed by atoms with Crippen LogP contribution in [0.3, 0.4) is 0 Å². The number of methoxy groups -OCH3 is 1. The first kappa shape index (κ1) is 13.4. The number of nitrogens with two attached hydrogens (primary N) is 1. The second kappa shape index (κ2) is 4.76. The summed E-state index contributed by atoms with van der Waals surface area (Å²) < 4.78 is 19.5. The molecule has 3 rings (SSSR count). The van der Waals surface area contributed by atoms with Gasteiger partial charge in [-0.15, -0.1) is 0 Å². The molecule has 0 aromatic heterocycles. The second-order valence-electron chi connectivity index (χ2n) is 5.12. The third-order valence-electron chi connectivity index (χ3n) is 4.00. The highest BCUT2D eigenvalue weighted by atomic mass is 35.5. The molecular weight excluding hydrogens is 277 g/mol. The van der Waals surface area contributed by atoms with Gasteiger partial charge in [-0.1, -0.05) is 23.7 Å². The van der Waals surface area contributed by atoms with E-state index >= 15 is 0 Å². The average Bonchev–Trinajstić information content (AvgIpc) is 2.76. The molecule has 0 fully saturated rings. The molecule has 0 saturated heterocycles. The number of benzene rings is 2. The number of ether oxygens (including phenoxy) is 1. The molecule has 104 valence electrons. The van der Waals surface area contributed by atoms with E-state index in [0.29, 0.717) is 17.0 Å². The van der Waals surface area contributed by atoms with E-state index in [0.717, 1.165) is 23.3 Å². The van der Waals surface area contributed by atoms with Crippen LogP contribution < -0.4 is 10.5 Å². The number of fused-ring (bicyclic) bond motifs is 1. The molecule has 2 aromatic rings. The topological polar surface area (TPSA) is 35.2 Å². The summed E-state index contributed by atoms with van der Waals surface area (Å²) in [4.78, 5) is 0. The molecule has 4 heteroatoms. The Morgan fingerprint density at radius 1 is 1.20 bits per heavy atom. The van der Waals surface area contributed by atoms with Crippen molar-refractivity contribution in [2.45, 2.75) is 18.4 Å². The monoisotopic (exact) mass is 291 g/mol. The van der Waals surface area contributed by atoms with Crippen LogP contribution in [0.25, 0.3) is 0 Å². The molecule has 2 aromatic carbocycles. The predicted molar refractivity (Wildman–Crippen MR) is 77.7 cm³/mol. The van der Waals surface area contributed by atoms with Crippen molar-refractivity contribution in [3.63, 3.8) is 0 Å². The first-order valence-electron chi connectivity index (χ1n) is 6.46. The average molecular weight is 292 g/mol. The van der Waals surface area contributed by atoms with Crippen LogP contribution in [0.5, 0.6) is 5.75 Å². The highest BCUT2D eigenvalue weighted by Gasteiger charge is 2.38. The van der Waals surface area contributed by atoms with Crippen molar-refractivity contribution in [3.8, 4) is 5.75 Å². The zero-order valence-corrected chi connectivity index (χ0v) is 11.9. The summed E-state index contributed by atoms with van der Waals surface area (Å²) in [5.41, 5.74) is 8.26. The third kappa shape index (κ3) is 1.98. The summed E-state index contributed by atoms with van der Waals surface area (Å²) in [6.07, 6.45) is 1.51. The normalized spacial score (nSPS) is 20.8. The zero-order valence-electron chi connectivity index (χ0n) is 11.1. The molecule has 2 N–H and O–H groups in total. The van der Waals surface area contributed by atoms with Gasteiger partial charge >= 0.3 is 0 Å². The Kier molecular flexibility index (Phi) is 3.19. The van der Waals surface area contributed by atoms with Crippen LogP contribution in [0.15, 0.2) is 36.4 Å². The van der Waals surface area contributed by atoms with Gasteiger partial charge in [0.1, 0.15) is 11.6 Å². The molecule has 0 amide bonds. The van der Waals surface area contributed by atoms with Gasteiger partial charge in [0.25, 0.3) is 0 Å². The van der Waals surface area contributed by atoms with E-state index in [2.05, 4.69) is 0 Å². The fourth-order valence-electron chi connectivity index (χ4n) is 2.91. The number of aryl methyl sites for hydroxylation is 1. The van der Waals surface area contributed by atoms with Gasteiger partial charge in [-0.25, -0.2) is 4.39 Å². The number of hydrogen-bond acceptors (Lipinski definition) is 2. The molecule has 1 aliphatic carbocycles. The first-order valence-corrected chi connectivity index (χ1v) is 6.84. The van der Waals surface area contributed by atoms with Gasteiger partial charge in [-0.05, 0) is 48.2 Å². The van der Waals surface area contributed by atoms with Crippen LogP contribution in [-0.2, 0) is 12.0 Å². The maximum absolute atomic E-state index is 14.2. The molecule has 2 nitrogen and oxygen atoms in total. The van der Waals surface area contributed by atoms with Gasteiger partial charge in [0, 0.05) is 10.6 Å². The number of halogens is 2. The molecule has 1 unspecified atom stereocenters. The van der Waals surface area contributed by atoms with Gasteiger partial charge in [0.15, 0.2) is 0 Å². The van der Waals surface area contributed by atoms with Gasteiger partial charge in [0.05, 0.1) is 12.6 Å².